The van der Waals surface area contributed by atoms with Crippen LogP contribution in [0.15, 0.2) is 30.6 Å². The SMILES string of the molecule is Cc1ccc(C(=O)N2C[C@@H](CO)[C@H](c3cnn(C(C)C)c3)C2)c(C)c1. The second-order valence-electron chi connectivity index (χ2n) is 7.43. The van der Waals surface area contributed by atoms with Crippen LogP contribution < -0.4 is 0 Å². The van der Waals surface area contributed by atoms with Gasteiger partial charge in [-0.15, -0.1) is 0 Å². The van der Waals surface area contributed by atoms with Crippen LogP contribution in [0.4, 0.5) is 0 Å². The quantitative estimate of drug-likeness (QED) is 0.930. The molecule has 134 valence electrons. The first-order valence-corrected chi connectivity index (χ1v) is 8.92. The Labute approximate surface area is 149 Å². The molecule has 1 aliphatic rings. The number of benzene rings is 1. The zero-order chi connectivity index (χ0) is 18.1. The number of carbonyl (C=O) groups excluding carboxylic acids is 1. The molecule has 1 aromatic heterocycles. The number of aliphatic hydroxyl groups excluding tert-OH is 1. The average Bonchev–Trinajstić information content (AvgIpc) is 3.21. The number of likely N-dealkylation sites (tertiary alicyclic amines) is 1. The van der Waals surface area contributed by atoms with E-state index in [1.165, 1.54) is 0 Å². The lowest BCUT2D eigenvalue weighted by Crippen LogP contribution is -2.29. The van der Waals surface area contributed by atoms with Crippen molar-refractivity contribution in [2.75, 3.05) is 19.7 Å². The molecule has 5 heteroatoms. The minimum absolute atomic E-state index is 0.0506. The van der Waals surface area contributed by atoms with E-state index in [0.717, 1.165) is 22.3 Å². The van der Waals surface area contributed by atoms with E-state index in [1.807, 2.05) is 54.0 Å². The Morgan fingerprint density at radius 1 is 1.32 bits per heavy atom. The molecule has 2 aromatic rings. The van der Waals surface area contributed by atoms with Gasteiger partial charge in [0.1, 0.15) is 0 Å². The summed E-state index contributed by atoms with van der Waals surface area (Å²) in [6.45, 7) is 9.47. The highest BCUT2D eigenvalue weighted by Crippen LogP contribution is 2.33. The Bertz CT molecular complexity index is 766. The average molecular weight is 341 g/mol. The van der Waals surface area contributed by atoms with Gasteiger partial charge in [0.15, 0.2) is 0 Å². The Hall–Kier alpha value is -2.14. The van der Waals surface area contributed by atoms with E-state index in [9.17, 15) is 9.90 Å². The van der Waals surface area contributed by atoms with Gasteiger partial charge in [-0.25, -0.2) is 0 Å². The van der Waals surface area contributed by atoms with Crippen LogP contribution in [-0.4, -0.2) is 45.4 Å². The fourth-order valence-corrected chi connectivity index (χ4v) is 3.65. The number of aromatic nitrogens is 2. The fourth-order valence-electron chi connectivity index (χ4n) is 3.65. The van der Waals surface area contributed by atoms with Crippen LogP contribution >= 0.6 is 0 Å². The summed E-state index contributed by atoms with van der Waals surface area (Å²) >= 11 is 0. The molecule has 1 aliphatic heterocycles. The lowest BCUT2D eigenvalue weighted by molar-refractivity contribution is 0.0780. The van der Waals surface area contributed by atoms with Crippen molar-refractivity contribution in [1.29, 1.82) is 0 Å². The zero-order valence-corrected chi connectivity index (χ0v) is 15.4. The molecular weight excluding hydrogens is 314 g/mol. The maximum atomic E-state index is 13.0. The maximum Gasteiger partial charge on any atom is 0.254 e. The summed E-state index contributed by atoms with van der Waals surface area (Å²) in [7, 11) is 0. The molecule has 0 saturated carbocycles. The molecule has 1 amide bonds. The van der Waals surface area contributed by atoms with E-state index in [4.69, 9.17) is 0 Å². The molecule has 1 N–H and O–H groups in total. The second-order valence-corrected chi connectivity index (χ2v) is 7.43. The number of amides is 1. The van der Waals surface area contributed by atoms with Gasteiger partial charge in [-0.05, 0) is 44.9 Å². The van der Waals surface area contributed by atoms with E-state index in [1.54, 1.807) is 0 Å². The molecule has 5 nitrogen and oxygen atoms in total. The molecule has 25 heavy (non-hydrogen) atoms. The smallest absolute Gasteiger partial charge is 0.254 e. The van der Waals surface area contributed by atoms with Gasteiger partial charge in [0.25, 0.3) is 5.91 Å². The summed E-state index contributed by atoms with van der Waals surface area (Å²) in [5.41, 5.74) is 4.01. The fraction of sp³-hybridized carbons (Fsp3) is 0.500. The lowest BCUT2D eigenvalue weighted by atomic mass is 9.92. The Morgan fingerprint density at radius 2 is 2.08 bits per heavy atom. The summed E-state index contributed by atoms with van der Waals surface area (Å²) in [6, 6.07) is 6.22. The van der Waals surface area contributed by atoms with Crippen molar-refractivity contribution in [3.63, 3.8) is 0 Å². The van der Waals surface area contributed by atoms with Gasteiger partial charge in [0.05, 0.1) is 6.20 Å². The zero-order valence-electron chi connectivity index (χ0n) is 15.4. The third kappa shape index (κ3) is 3.47. The number of aliphatic hydroxyl groups is 1. The first-order chi connectivity index (χ1) is 11.9. The Balaban J connectivity index is 1.81. The summed E-state index contributed by atoms with van der Waals surface area (Å²) in [5.74, 6) is 0.237. The molecule has 1 aromatic carbocycles. The minimum Gasteiger partial charge on any atom is -0.396 e. The number of aryl methyl sites for hydroxylation is 2. The molecule has 0 spiro atoms. The van der Waals surface area contributed by atoms with Crippen LogP contribution in [0.3, 0.4) is 0 Å². The molecule has 0 aliphatic carbocycles. The highest BCUT2D eigenvalue weighted by molar-refractivity contribution is 5.96. The van der Waals surface area contributed by atoms with Crippen molar-refractivity contribution in [2.45, 2.75) is 39.7 Å². The number of nitrogens with zero attached hydrogens (tertiary/aromatic N) is 3. The number of carbonyl (C=O) groups is 1. The van der Waals surface area contributed by atoms with Crippen molar-refractivity contribution < 1.29 is 9.90 Å². The van der Waals surface area contributed by atoms with Gasteiger partial charge in [-0.1, -0.05) is 17.7 Å². The highest BCUT2D eigenvalue weighted by atomic mass is 16.3. The summed E-state index contributed by atoms with van der Waals surface area (Å²) in [5, 5.41) is 14.2. The normalized spacial score (nSPS) is 20.5. The van der Waals surface area contributed by atoms with Gasteiger partial charge in [0, 0.05) is 49.3 Å². The van der Waals surface area contributed by atoms with Gasteiger partial charge in [-0.2, -0.15) is 5.10 Å². The topological polar surface area (TPSA) is 58.4 Å². The van der Waals surface area contributed by atoms with Crippen LogP contribution in [0.1, 0.15) is 52.9 Å². The van der Waals surface area contributed by atoms with E-state index in [0.29, 0.717) is 19.1 Å². The van der Waals surface area contributed by atoms with E-state index in [2.05, 4.69) is 18.9 Å². The monoisotopic (exact) mass is 341 g/mol. The van der Waals surface area contributed by atoms with E-state index < -0.39 is 0 Å². The van der Waals surface area contributed by atoms with Crippen LogP contribution in [0, 0.1) is 19.8 Å². The standard InChI is InChI=1S/C20H27N3O2/c1-13(2)23-10-16(8-21-23)19-11-22(9-17(19)12-24)20(25)18-6-5-14(3)7-15(18)4/h5-8,10,13,17,19,24H,9,11-12H2,1-4H3/t17-,19-/m0/s1. The lowest BCUT2D eigenvalue weighted by Gasteiger charge is -2.18. The van der Waals surface area contributed by atoms with Crippen molar-refractivity contribution in [3.8, 4) is 0 Å². The van der Waals surface area contributed by atoms with E-state index >= 15 is 0 Å². The summed E-state index contributed by atoms with van der Waals surface area (Å²) in [6.07, 6.45) is 3.92. The van der Waals surface area contributed by atoms with Crippen LogP contribution in [0.25, 0.3) is 0 Å². The van der Waals surface area contributed by atoms with Gasteiger partial charge in [-0.3, -0.25) is 9.48 Å². The molecule has 1 saturated heterocycles. The number of hydrogen-bond donors (Lipinski definition) is 1. The van der Waals surface area contributed by atoms with Crippen molar-refractivity contribution in [3.05, 3.63) is 52.8 Å². The summed E-state index contributed by atoms with van der Waals surface area (Å²) in [4.78, 5) is 14.8. The van der Waals surface area contributed by atoms with E-state index in [-0.39, 0.29) is 24.3 Å². The third-order valence-corrected chi connectivity index (χ3v) is 5.15. The molecule has 2 atom stereocenters. The molecular formula is C20H27N3O2. The Morgan fingerprint density at radius 3 is 2.68 bits per heavy atom. The largest absolute Gasteiger partial charge is 0.396 e. The number of hydrogen-bond acceptors (Lipinski definition) is 3. The molecule has 0 bridgehead atoms. The predicted octanol–water partition coefficient (Wildman–Crippen LogP) is 2.93. The van der Waals surface area contributed by atoms with Gasteiger partial charge in [0.2, 0.25) is 0 Å². The maximum absolute atomic E-state index is 13.0. The first-order valence-electron chi connectivity index (χ1n) is 8.92. The molecule has 3 rings (SSSR count). The van der Waals surface area contributed by atoms with Crippen molar-refractivity contribution >= 4 is 5.91 Å². The van der Waals surface area contributed by atoms with Crippen LogP contribution in [0.2, 0.25) is 0 Å². The van der Waals surface area contributed by atoms with Gasteiger partial charge >= 0.3 is 0 Å². The molecule has 2 heterocycles. The second kappa shape index (κ2) is 7.00. The third-order valence-electron chi connectivity index (χ3n) is 5.15. The van der Waals surface area contributed by atoms with Crippen molar-refractivity contribution in [1.82, 2.24) is 14.7 Å². The van der Waals surface area contributed by atoms with Gasteiger partial charge < -0.3 is 10.0 Å². The van der Waals surface area contributed by atoms with Crippen LogP contribution in [-0.2, 0) is 0 Å². The number of rotatable bonds is 4. The Kier molecular flexibility index (Phi) is 4.95. The summed E-state index contributed by atoms with van der Waals surface area (Å²) < 4.78 is 1.93. The van der Waals surface area contributed by atoms with Crippen LogP contribution in [0.5, 0.6) is 0 Å². The first kappa shape index (κ1) is 17.7. The minimum atomic E-state index is 0.0506. The molecule has 1 fully saturated rings. The van der Waals surface area contributed by atoms with Crippen molar-refractivity contribution in [2.24, 2.45) is 5.92 Å². The highest BCUT2D eigenvalue weighted by Gasteiger charge is 2.37. The molecule has 0 radical (unpaired) electrons. The molecule has 0 unspecified atom stereocenters. The predicted molar refractivity (Wildman–Crippen MR) is 97.7 cm³/mol.